The Morgan fingerprint density at radius 1 is 1.50 bits per heavy atom. The molecule has 1 saturated heterocycles. The molecule has 1 atom stereocenters. The van der Waals surface area contributed by atoms with E-state index in [0.29, 0.717) is 31.1 Å². The first-order valence-electron chi connectivity index (χ1n) is 8.62. The number of piperidine rings is 1. The van der Waals surface area contributed by atoms with Crippen molar-refractivity contribution < 1.29 is 13.9 Å². The smallest absolute Gasteiger partial charge is 0.321 e. The van der Waals surface area contributed by atoms with E-state index in [1.807, 2.05) is 32.7 Å². The molecule has 1 unspecified atom stereocenters. The van der Waals surface area contributed by atoms with Gasteiger partial charge in [0.05, 0.1) is 11.8 Å². The van der Waals surface area contributed by atoms with Crippen molar-refractivity contribution >= 4 is 17.4 Å². The van der Waals surface area contributed by atoms with Crippen LogP contribution >= 0.6 is 0 Å². The zero-order valence-electron chi connectivity index (χ0n) is 15.0. The highest BCUT2D eigenvalue weighted by Crippen LogP contribution is 2.24. The number of hydrogen-bond donors (Lipinski definition) is 1. The second kappa shape index (κ2) is 8.33. The van der Waals surface area contributed by atoms with Crippen LogP contribution in [-0.4, -0.2) is 49.8 Å². The Labute approximate surface area is 143 Å². The van der Waals surface area contributed by atoms with E-state index in [9.17, 15) is 9.18 Å². The summed E-state index contributed by atoms with van der Waals surface area (Å²) in [6, 6.07) is 4.80. The van der Waals surface area contributed by atoms with Crippen molar-refractivity contribution in [3.63, 3.8) is 0 Å². The maximum atomic E-state index is 14.3. The number of ether oxygens (including phenoxy) is 1. The summed E-state index contributed by atoms with van der Waals surface area (Å²) >= 11 is 0. The maximum absolute atomic E-state index is 14.3. The molecule has 1 heterocycles. The fourth-order valence-corrected chi connectivity index (χ4v) is 2.85. The number of carbonyl (C=O) groups excluding carboxylic acids is 1. The van der Waals surface area contributed by atoms with Crippen molar-refractivity contribution in [3.05, 3.63) is 24.0 Å². The molecule has 1 fully saturated rings. The number of amides is 2. The predicted molar refractivity (Wildman–Crippen MR) is 95.2 cm³/mol. The quantitative estimate of drug-likeness (QED) is 0.891. The van der Waals surface area contributed by atoms with Crippen LogP contribution in [0.2, 0.25) is 0 Å². The summed E-state index contributed by atoms with van der Waals surface area (Å²) in [5, 5.41) is 2.78. The molecule has 0 spiro atoms. The highest BCUT2D eigenvalue weighted by Gasteiger charge is 2.24. The third-order valence-electron chi connectivity index (χ3n) is 4.42. The Bertz CT molecular complexity index is 563. The predicted octanol–water partition coefficient (Wildman–Crippen LogP) is 3.70. The molecule has 2 rings (SSSR count). The third kappa shape index (κ3) is 4.60. The molecule has 1 aliphatic rings. The van der Waals surface area contributed by atoms with E-state index in [1.54, 1.807) is 17.0 Å². The van der Waals surface area contributed by atoms with Gasteiger partial charge in [0.1, 0.15) is 5.82 Å². The fraction of sp³-hybridized carbons (Fsp3) is 0.611. The summed E-state index contributed by atoms with van der Waals surface area (Å²) in [7, 11) is 1.85. The molecule has 0 aromatic heterocycles. The number of carbonyl (C=O) groups is 1. The Morgan fingerprint density at radius 3 is 2.88 bits per heavy atom. The van der Waals surface area contributed by atoms with Crippen molar-refractivity contribution in [3.8, 4) is 0 Å². The number of hydrogen-bond acceptors (Lipinski definition) is 3. The molecule has 1 aromatic carbocycles. The number of likely N-dealkylation sites (tertiary alicyclic amines) is 1. The summed E-state index contributed by atoms with van der Waals surface area (Å²) in [4.78, 5) is 16.0. The lowest BCUT2D eigenvalue weighted by Crippen LogP contribution is -2.45. The molecule has 1 N–H and O–H groups in total. The molecule has 6 heteroatoms. The first-order valence-corrected chi connectivity index (χ1v) is 8.62. The van der Waals surface area contributed by atoms with Crippen molar-refractivity contribution in [2.24, 2.45) is 0 Å². The van der Waals surface area contributed by atoms with Crippen molar-refractivity contribution in [2.75, 3.05) is 37.0 Å². The summed E-state index contributed by atoms with van der Waals surface area (Å²) in [6.07, 6.45) is 1.99. The van der Waals surface area contributed by atoms with Gasteiger partial charge in [-0.05, 0) is 51.8 Å². The van der Waals surface area contributed by atoms with Crippen LogP contribution in [0.1, 0.15) is 33.6 Å². The summed E-state index contributed by atoms with van der Waals surface area (Å²) in [5.41, 5.74) is 0.995. The van der Waals surface area contributed by atoms with Crippen LogP contribution in [0.15, 0.2) is 18.2 Å². The molecule has 0 radical (unpaired) electrons. The van der Waals surface area contributed by atoms with Gasteiger partial charge >= 0.3 is 6.03 Å². The number of urea groups is 1. The first-order chi connectivity index (χ1) is 11.4. The minimum atomic E-state index is -0.338. The lowest BCUT2D eigenvalue weighted by atomic mass is 10.1. The number of anilines is 2. The maximum Gasteiger partial charge on any atom is 0.321 e. The first kappa shape index (κ1) is 18.5. The molecule has 2 amide bonds. The van der Waals surface area contributed by atoms with E-state index in [0.717, 1.165) is 12.8 Å². The second-order valence-corrected chi connectivity index (χ2v) is 6.47. The van der Waals surface area contributed by atoms with Crippen LogP contribution in [0.5, 0.6) is 0 Å². The van der Waals surface area contributed by atoms with Gasteiger partial charge in [-0.2, -0.15) is 0 Å². The van der Waals surface area contributed by atoms with Crippen LogP contribution in [0.3, 0.4) is 0 Å². The number of benzene rings is 1. The van der Waals surface area contributed by atoms with Crippen LogP contribution in [0.4, 0.5) is 20.6 Å². The average molecular weight is 337 g/mol. The standard InChI is InChI=1S/C18H28FN3O2/c1-5-24-15-7-6-10-22(12-15)18(23)20-14-8-9-17(16(19)11-14)21(4)13(2)3/h8-9,11,13,15H,5-7,10,12H2,1-4H3,(H,20,23). The summed E-state index contributed by atoms with van der Waals surface area (Å²) < 4.78 is 19.9. The molecule has 1 aliphatic heterocycles. The van der Waals surface area contributed by atoms with Gasteiger partial charge in [0.2, 0.25) is 0 Å². The Hall–Kier alpha value is -1.82. The van der Waals surface area contributed by atoms with Crippen LogP contribution in [0, 0.1) is 5.82 Å². The minimum absolute atomic E-state index is 0.0910. The van der Waals surface area contributed by atoms with Gasteiger partial charge in [0.25, 0.3) is 0 Å². The van der Waals surface area contributed by atoms with Gasteiger partial charge in [-0.3, -0.25) is 0 Å². The topological polar surface area (TPSA) is 44.8 Å². The van der Waals surface area contributed by atoms with E-state index in [2.05, 4.69) is 5.32 Å². The van der Waals surface area contributed by atoms with E-state index < -0.39 is 0 Å². The Kier molecular flexibility index (Phi) is 6.43. The zero-order chi connectivity index (χ0) is 17.7. The van der Waals surface area contributed by atoms with E-state index in [1.165, 1.54) is 6.07 Å². The normalized spacial score (nSPS) is 17.9. The Morgan fingerprint density at radius 2 is 2.25 bits per heavy atom. The minimum Gasteiger partial charge on any atom is -0.377 e. The fourth-order valence-electron chi connectivity index (χ4n) is 2.85. The van der Waals surface area contributed by atoms with E-state index in [4.69, 9.17) is 4.74 Å². The summed E-state index contributed by atoms with van der Waals surface area (Å²) in [6.45, 7) is 7.89. The molecule has 0 saturated carbocycles. The van der Waals surface area contributed by atoms with Crippen molar-refractivity contribution in [1.82, 2.24) is 4.90 Å². The van der Waals surface area contributed by atoms with Crippen molar-refractivity contribution in [2.45, 2.75) is 45.8 Å². The highest BCUT2D eigenvalue weighted by atomic mass is 19.1. The molecule has 24 heavy (non-hydrogen) atoms. The number of halogens is 1. The zero-order valence-corrected chi connectivity index (χ0v) is 15.0. The number of nitrogens with one attached hydrogen (secondary N) is 1. The van der Waals surface area contributed by atoms with Crippen molar-refractivity contribution in [1.29, 1.82) is 0 Å². The lowest BCUT2D eigenvalue weighted by molar-refractivity contribution is 0.0181. The van der Waals surface area contributed by atoms with Gasteiger partial charge in [0, 0.05) is 38.5 Å². The van der Waals surface area contributed by atoms with Gasteiger partial charge in [0.15, 0.2) is 0 Å². The van der Waals surface area contributed by atoms with Gasteiger partial charge < -0.3 is 19.9 Å². The number of nitrogens with zero attached hydrogens (tertiary/aromatic N) is 2. The molecule has 0 aliphatic carbocycles. The monoisotopic (exact) mass is 337 g/mol. The van der Waals surface area contributed by atoms with Crippen LogP contribution in [0.25, 0.3) is 0 Å². The molecular weight excluding hydrogens is 309 g/mol. The third-order valence-corrected chi connectivity index (χ3v) is 4.42. The Balaban J connectivity index is 2.00. The van der Waals surface area contributed by atoms with Crippen LogP contribution < -0.4 is 10.2 Å². The van der Waals surface area contributed by atoms with E-state index in [-0.39, 0.29) is 24.0 Å². The highest BCUT2D eigenvalue weighted by molar-refractivity contribution is 5.89. The van der Waals surface area contributed by atoms with Gasteiger partial charge in [-0.15, -0.1) is 0 Å². The van der Waals surface area contributed by atoms with E-state index >= 15 is 0 Å². The molecule has 134 valence electrons. The molecule has 0 bridgehead atoms. The van der Waals surface area contributed by atoms with Crippen LogP contribution in [-0.2, 0) is 4.74 Å². The molecule has 5 nitrogen and oxygen atoms in total. The SMILES string of the molecule is CCOC1CCCN(C(=O)Nc2ccc(N(C)C(C)C)c(F)c2)C1. The largest absolute Gasteiger partial charge is 0.377 e. The molecular formula is C18H28FN3O2. The second-order valence-electron chi connectivity index (χ2n) is 6.47. The summed E-state index contributed by atoms with van der Waals surface area (Å²) in [5.74, 6) is -0.338. The number of rotatable bonds is 5. The average Bonchev–Trinajstić information content (AvgIpc) is 2.55. The van der Waals surface area contributed by atoms with Gasteiger partial charge in [-0.1, -0.05) is 0 Å². The van der Waals surface area contributed by atoms with Gasteiger partial charge in [-0.25, -0.2) is 9.18 Å². The molecule has 1 aromatic rings. The lowest BCUT2D eigenvalue weighted by Gasteiger charge is -2.32.